The van der Waals surface area contributed by atoms with Gasteiger partial charge in [-0.1, -0.05) is 44.2 Å². The normalized spacial score (nSPS) is 21.1. The zero-order valence-corrected chi connectivity index (χ0v) is 13.7. The van der Waals surface area contributed by atoms with Crippen molar-refractivity contribution < 1.29 is 23.8 Å². The fourth-order valence-corrected chi connectivity index (χ4v) is 2.44. The molecule has 1 aliphatic heterocycles. The van der Waals surface area contributed by atoms with Gasteiger partial charge in [0, 0.05) is 6.42 Å². The third kappa shape index (κ3) is 5.36. The number of carbonyl (C=O) groups is 2. The van der Waals surface area contributed by atoms with Crippen molar-refractivity contribution >= 4 is 11.9 Å². The van der Waals surface area contributed by atoms with Crippen LogP contribution in [0.25, 0.3) is 0 Å². The molecule has 0 radical (unpaired) electrons. The predicted octanol–water partition coefficient (Wildman–Crippen LogP) is 2.87. The Morgan fingerprint density at radius 2 is 2.00 bits per heavy atom. The fraction of sp³-hybridized carbons (Fsp3) is 0.556. The molecule has 1 fully saturated rings. The van der Waals surface area contributed by atoms with Gasteiger partial charge in [-0.15, -0.1) is 0 Å². The van der Waals surface area contributed by atoms with Crippen molar-refractivity contribution in [2.75, 3.05) is 13.2 Å². The van der Waals surface area contributed by atoms with E-state index in [0.717, 1.165) is 5.56 Å². The smallest absolute Gasteiger partial charge is 0.308 e. The van der Waals surface area contributed by atoms with E-state index in [-0.39, 0.29) is 31.1 Å². The molecule has 0 N–H and O–H groups in total. The number of ether oxygens (including phenoxy) is 3. The Labute approximate surface area is 136 Å². The van der Waals surface area contributed by atoms with Crippen molar-refractivity contribution in [3.63, 3.8) is 0 Å². The fourth-order valence-electron chi connectivity index (χ4n) is 2.44. The number of hydrogen-bond donors (Lipinski definition) is 0. The zero-order chi connectivity index (χ0) is 16.7. The molecule has 0 aromatic heterocycles. The maximum Gasteiger partial charge on any atom is 0.308 e. The number of hydrogen-bond acceptors (Lipinski definition) is 5. The van der Waals surface area contributed by atoms with E-state index >= 15 is 0 Å². The van der Waals surface area contributed by atoms with E-state index in [1.807, 2.05) is 30.3 Å². The van der Waals surface area contributed by atoms with Crippen LogP contribution in [0.1, 0.15) is 38.7 Å². The summed E-state index contributed by atoms with van der Waals surface area (Å²) in [5, 5.41) is 0. The molecule has 2 rings (SSSR count). The van der Waals surface area contributed by atoms with Gasteiger partial charge in [-0.3, -0.25) is 9.59 Å². The SMILES string of the molecule is CC(C)C(=O)OCC1(COCc2ccccc2)CCCC(=O)O1. The highest BCUT2D eigenvalue weighted by atomic mass is 16.6. The average molecular weight is 320 g/mol. The molecule has 1 aliphatic rings. The minimum absolute atomic E-state index is 0.0462. The first kappa shape index (κ1) is 17.5. The Morgan fingerprint density at radius 1 is 1.26 bits per heavy atom. The number of carbonyl (C=O) groups excluding carboxylic acids is 2. The standard InChI is InChI=1S/C18H24O5/c1-14(2)17(20)22-13-18(10-6-9-16(19)23-18)12-21-11-15-7-4-3-5-8-15/h3-5,7-8,14H,6,9-13H2,1-2H3. The lowest BCUT2D eigenvalue weighted by atomic mass is 9.95. The number of cyclic esters (lactones) is 1. The molecular weight excluding hydrogens is 296 g/mol. The summed E-state index contributed by atoms with van der Waals surface area (Å²) in [5.74, 6) is -0.772. The lowest BCUT2D eigenvalue weighted by Crippen LogP contribution is -2.47. The van der Waals surface area contributed by atoms with Gasteiger partial charge in [0.15, 0.2) is 5.60 Å². The van der Waals surface area contributed by atoms with Gasteiger partial charge in [0.05, 0.1) is 19.1 Å². The Morgan fingerprint density at radius 3 is 2.65 bits per heavy atom. The number of rotatable bonds is 7. The summed E-state index contributed by atoms with van der Waals surface area (Å²) in [6.07, 6.45) is 1.75. The van der Waals surface area contributed by atoms with Crippen molar-refractivity contribution in [2.45, 2.75) is 45.3 Å². The first-order valence-corrected chi connectivity index (χ1v) is 8.01. The third-order valence-electron chi connectivity index (χ3n) is 3.77. The molecule has 1 heterocycles. The molecule has 126 valence electrons. The van der Waals surface area contributed by atoms with Gasteiger partial charge < -0.3 is 14.2 Å². The zero-order valence-electron chi connectivity index (χ0n) is 13.7. The largest absolute Gasteiger partial charge is 0.461 e. The molecule has 0 saturated carbocycles. The molecule has 1 unspecified atom stereocenters. The molecule has 0 spiro atoms. The molecular formula is C18H24O5. The van der Waals surface area contributed by atoms with Crippen LogP contribution in [0.4, 0.5) is 0 Å². The summed E-state index contributed by atoms with van der Waals surface area (Å²) < 4.78 is 16.5. The van der Waals surface area contributed by atoms with Crippen molar-refractivity contribution in [3.05, 3.63) is 35.9 Å². The predicted molar refractivity (Wildman–Crippen MR) is 84.6 cm³/mol. The minimum Gasteiger partial charge on any atom is -0.461 e. The molecule has 5 heteroatoms. The highest BCUT2D eigenvalue weighted by Crippen LogP contribution is 2.27. The first-order chi connectivity index (χ1) is 11.0. The van der Waals surface area contributed by atoms with Gasteiger partial charge in [0.25, 0.3) is 0 Å². The highest BCUT2D eigenvalue weighted by molar-refractivity contribution is 5.72. The molecule has 1 aromatic carbocycles. The summed E-state index contributed by atoms with van der Waals surface area (Å²) >= 11 is 0. The quantitative estimate of drug-likeness (QED) is 0.723. The van der Waals surface area contributed by atoms with Crippen LogP contribution in [0.2, 0.25) is 0 Å². The first-order valence-electron chi connectivity index (χ1n) is 8.01. The van der Waals surface area contributed by atoms with Crippen molar-refractivity contribution in [1.82, 2.24) is 0 Å². The van der Waals surface area contributed by atoms with E-state index in [0.29, 0.717) is 25.9 Å². The van der Waals surface area contributed by atoms with Gasteiger partial charge in [-0.25, -0.2) is 0 Å². The third-order valence-corrected chi connectivity index (χ3v) is 3.77. The average Bonchev–Trinajstić information content (AvgIpc) is 2.53. The van der Waals surface area contributed by atoms with Crippen LogP contribution in [0.5, 0.6) is 0 Å². The van der Waals surface area contributed by atoms with Gasteiger partial charge >= 0.3 is 11.9 Å². The second kappa shape index (κ2) is 8.11. The van der Waals surface area contributed by atoms with Crippen LogP contribution in [-0.4, -0.2) is 30.8 Å². The molecule has 0 amide bonds. The van der Waals surface area contributed by atoms with E-state index in [9.17, 15) is 9.59 Å². The second-order valence-corrected chi connectivity index (χ2v) is 6.25. The molecule has 0 bridgehead atoms. The molecule has 23 heavy (non-hydrogen) atoms. The van der Waals surface area contributed by atoms with Crippen LogP contribution in [-0.2, 0) is 30.4 Å². The summed E-state index contributed by atoms with van der Waals surface area (Å²) in [5.41, 5.74) is 0.179. The minimum atomic E-state index is -0.866. The Balaban J connectivity index is 1.93. The number of benzene rings is 1. The van der Waals surface area contributed by atoms with E-state index in [4.69, 9.17) is 14.2 Å². The van der Waals surface area contributed by atoms with E-state index in [1.165, 1.54) is 0 Å². The second-order valence-electron chi connectivity index (χ2n) is 6.25. The maximum absolute atomic E-state index is 11.7. The van der Waals surface area contributed by atoms with Gasteiger partial charge in [0.1, 0.15) is 6.61 Å². The van der Waals surface area contributed by atoms with E-state index < -0.39 is 5.60 Å². The molecule has 1 aromatic rings. The number of esters is 2. The van der Waals surface area contributed by atoms with Gasteiger partial charge in [0.2, 0.25) is 0 Å². The topological polar surface area (TPSA) is 61.8 Å². The van der Waals surface area contributed by atoms with Crippen LogP contribution < -0.4 is 0 Å². The lowest BCUT2D eigenvalue weighted by Gasteiger charge is -2.35. The van der Waals surface area contributed by atoms with Crippen LogP contribution in [0.3, 0.4) is 0 Å². The Kier molecular flexibility index (Phi) is 6.16. The van der Waals surface area contributed by atoms with Crippen molar-refractivity contribution in [1.29, 1.82) is 0 Å². The van der Waals surface area contributed by atoms with Gasteiger partial charge in [-0.05, 0) is 18.4 Å². The van der Waals surface area contributed by atoms with Crippen LogP contribution in [0, 0.1) is 5.92 Å². The van der Waals surface area contributed by atoms with Crippen LogP contribution in [0.15, 0.2) is 30.3 Å². The summed E-state index contributed by atoms with van der Waals surface area (Å²) in [4.78, 5) is 23.4. The molecule has 5 nitrogen and oxygen atoms in total. The van der Waals surface area contributed by atoms with Crippen LogP contribution >= 0.6 is 0 Å². The highest BCUT2D eigenvalue weighted by Gasteiger charge is 2.39. The lowest BCUT2D eigenvalue weighted by molar-refractivity contribution is -0.191. The molecule has 0 aliphatic carbocycles. The van der Waals surface area contributed by atoms with Gasteiger partial charge in [-0.2, -0.15) is 0 Å². The summed E-state index contributed by atoms with van der Waals surface area (Å²) in [7, 11) is 0. The molecule has 1 saturated heterocycles. The molecule has 1 atom stereocenters. The van der Waals surface area contributed by atoms with E-state index in [2.05, 4.69) is 0 Å². The van der Waals surface area contributed by atoms with E-state index in [1.54, 1.807) is 13.8 Å². The monoisotopic (exact) mass is 320 g/mol. The Bertz CT molecular complexity index is 525. The summed E-state index contributed by atoms with van der Waals surface area (Å²) in [6.45, 7) is 4.24. The summed E-state index contributed by atoms with van der Waals surface area (Å²) in [6, 6.07) is 9.77. The maximum atomic E-state index is 11.7. The van der Waals surface area contributed by atoms with Crippen molar-refractivity contribution in [2.24, 2.45) is 5.92 Å². The Hall–Kier alpha value is -1.88. The van der Waals surface area contributed by atoms with Crippen molar-refractivity contribution in [3.8, 4) is 0 Å².